The fraction of sp³-hybridized carbons (Fsp3) is 0.350. The molecule has 4 rings (SSSR count). The van der Waals surface area contributed by atoms with E-state index in [0.29, 0.717) is 29.1 Å². The zero-order chi connectivity index (χ0) is 22.3. The number of nitrogens with one attached hydrogen (secondary N) is 1. The highest BCUT2D eigenvalue weighted by molar-refractivity contribution is 7.89. The summed E-state index contributed by atoms with van der Waals surface area (Å²) in [5, 5.41) is 2.20. The number of sulfonamides is 1. The number of hydrogen-bond donors (Lipinski definition) is 1. The highest BCUT2D eigenvalue weighted by Gasteiger charge is 2.31. The van der Waals surface area contributed by atoms with Crippen LogP contribution in [0.25, 0.3) is 10.2 Å². The first kappa shape index (κ1) is 21.9. The predicted octanol–water partition coefficient (Wildman–Crippen LogP) is 3.22. The summed E-state index contributed by atoms with van der Waals surface area (Å²) in [6.45, 7) is 4.44. The maximum absolute atomic E-state index is 13.2. The molecule has 1 aliphatic rings. The van der Waals surface area contributed by atoms with E-state index in [1.54, 1.807) is 18.4 Å². The van der Waals surface area contributed by atoms with Gasteiger partial charge in [-0.1, -0.05) is 18.5 Å². The third-order valence-electron chi connectivity index (χ3n) is 5.31. The van der Waals surface area contributed by atoms with E-state index >= 15 is 0 Å². The molecule has 1 amide bonds. The molecule has 0 aliphatic carbocycles. The Labute approximate surface area is 188 Å². The van der Waals surface area contributed by atoms with Crippen LogP contribution in [0.4, 0.5) is 0 Å². The average molecular weight is 481 g/mol. The Morgan fingerprint density at radius 1 is 1.32 bits per heavy atom. The van der Waals surface area contributed by atoms with Crippen molar-refractivity contribution in [2.45, 2.75) is 31.6 Å². The van der Waals surface area contributed by atoms with Gasteiger partial charge in [0.2, 0.25) is 10.0 Å². The summed E-state index contributed by atoms with van der Waals surface area (Å²) in [4.78, 5) is 30.3. The van der Waals surface area contributed by atoms with Gasteiger partial charge < -0.3 is 0 Å². The van der Waals surface area contributed by atoms with Crippen molar-refractivity contribution in [2.24, 2.45) is 5.92 Å². The number of nitrogens with zero attached hydrogens (tertiary/aromatic N) is 3. The predicted molar refractivity (Wildman–Crippen MR) is 121 cm³/mol. The summed E-state index contributed by atoms with van der Waals surface area (Å²) >= 11 is 7.54. The van der Waals surface area contributed by atoms with Gasteiger partial charge in [0.05, 0.1) is 10.4 Å². The van der Waals surface area contributed by atoms with Crippen LogP contribution < -0.4 is 11.0 Å². The zero-order valence-electron chi connectivity index (χ0n) is 17.0. The van der Waals surface area contributed by atoms with Crippen molar-refractivity contribution in [1.29, 1.82) is 0 Å². The molecule has 0 radical (unpaired) electrons. The van der Waals surface area contributed by atoms with Crippen LogP contribution in [0.5, 0.6) is 0 Å². The molecule has 3 heterocycles. The molecular formula is C20H21ClN4O4S2. The second kappa shape index (κ2) is 8.34. The van der Waals surface area contributed by atoms with Crippen LogP contribution in [0.15, 0.2) is 39.3 Å². The van der Waals surface area contributed by atoms with Gasteiger partial charge in [0.1, 0.15) is 15.6 Å². The van der Waals surface area contributed by atoms with Gasteiger partial charge in [-0.05, 0) is 55.3 Å². The molecule has 2 aromatic heterocycles. The number of benzene rings is 1. The number of carbonyl (C=O) groups is 1. The molecule has 1 atom stereocenters. The molecule has 11 heteroatoms. The standard InChI is InChI=1S/C20H21ClN4O4S2/c1-12-4-3-8-24(11-12)31(28,29)17-10-14(5-6-16(17)21)18(26)23-25-13(2)22-19-15(20(25)27)7-9-30-19/h5-7,9-10,12H,3-4,8,11H2,1-2H3,(H,23,26). The molecule has 0 spiro atoms. The normalized spacial score (nSPS) is 17.7. The van der Waals surface area contributed by atoms with Crippen LogP contribution in [0.3, 0.4) is 0 Å². The number of amides is 1. The van der Waals surface area contributed by atoms with Gasteiger partial charge >= 0.3 is 0 Å². The number of fused-ring (bicyclic) bond motifs is 1. The largest absolute Gasteiger partial charge is 0.281 e. The number of aromatic nitrogens is 2. The minimum absolute atomic E-state index is 0.0458. The van der Waals surface area contributed by atoms with Crippen molar-refractivity contribution in [1.82, 2.24) is 14.0 Å². The number of thiophene rings is 1. The number of halogens is 1. The van der Waals surface area contributed by atoms with Gasteiger partial charge in [0.25, 0.3) is 11.5 Å². The topological polar surface area (TPSA) is 101 Å². The van der Waals surface area contributed by atoms with Gasteiger partial charge in [-0.3, -0.25) is 15.0 Å². The lowest BCUT2D eigenvalue weighted by atomic mass is 10.0. The minimum Gasteiger partial charge on any atom is -0.267 e. The Morgan fingerprint density at radius 3 is 2.84 bits per heavy atom. The maximum Gasteiger partial charge on any atom is 0.281 e. The highest BCUT2D eigenvalue weighted by Crippen LogP contribution is 2.29. The van der Waals surface area contributed by atoms with Crippen molar-refractivity contribution in [3.63, 3.8) is 0 Å². The van der Waals surface area contributed by atoms with E-state index in [1.807, 2.05) is 6.92 Å². The lowest BCUT2D eigenvalue weighted by Crippen LogP contribution is -2.39. The summed E-state index contributed by atoms with van der Waals surface area (Å²) in [7, 11) is -3.85. The van der Waals surface area contributed by atoms with E-state index in [1.165, 1.54) is 33.8 Å². The Kier molecular flexibility index (Phi) is 5.91. The summed E-state index contributed by atoms with van der Waals surface area (Å²) in [5.41, 5.74) is 2.19. The molecule has 1 unspecified atom stereocenters. The van der Waals surface area contributed by atoms with Crippen molar-refractivity contribution >= 4 is 49.1 Å². The molecule has 8 nitrogen and oxygen atoms in total. The molecule has 3 aromatic rings. The second-order valence-electron chi connectivity index (χ2n) is 7.64. The van der Waals surface area contributed by atoms with E-state index in [-0.39, 0.29) is 21.4 Å². The fourth-order valence-corrected chi connectivity index (χ4v) is 6.56. The second-order valence-corrected chi connectivity index (χ2v) is 10.8. The summed E-state index contributed by atoms with van der Waals surface area (Å²) in [6, 6.07) is 5.70. The van der Waals surface area contributed by atoms with Gasteiger partial charge in [0.15, 0.2) is 0 Å². The average Bonchev–Trinajstić information content (AvgIpc) is 3.19. The van der Waals surface area contributed by atoms with Crippen molar-refractivity contribution in [2.75, 3.05) is 18.5 Å². The number of aryl methyl sites for hydroxylation is 1. The van der Waals surface area contributed by atoms with Crippen LogP contribution in [0, 0.1) is 12.8 Å². The maximum atomic E-state index is 13.2. The van der Waals surface area contributed by atoms with Gasteiger partial charge in [-0.15, -0.1) is 11.3 Å². The van der Waals surface area contributed by atoms with E-state index in [2.05, 4.69) is 10.4 Å². The van der Waals surface area contributed by atoms with Crippen LogP contribution >= 0.6 is 22.9 Å². The molecule has 1 aromatic carbocycles. The van der Waals surface area contributed by atoms with Crippen LogP contribution in [0.1, 0.15) is 35.9 Å². The summed E-state index contributed by atoms with van der Waals surface area (Å²) in [6.07, 6.45) is 1.75. The summed E-state index contributed by atoms with van der Waals surface area (Å²) < 4.78 is 28.8. The minimum atomic E-state index is -3.85. The lowest BCUT2D eigenvalue weighted by molar-refractivity contribution is 0.101. The molecule has 0 bridgehead atoms. The van der Waals surface area contributed by atoms with E-state index in [9.17, 15) is 18.0 Å². The first-order valence-electron chi connectivity index (χ1n) is 9.76. The van der Waals surface area contributed by atoms with E-state index in [0.717, 1.165) is 17.5 Å². The first-order valence-corrected chi connectivity index (χ1v) is 12.5. The smallest absolute Gasteiger partial charge is 0.267 e. The monoisotopic (exact) mass is 480 g/mol. The molecule has 1 N–H and O–H groups in total. The molecule has 0 saturated carbocycles. The van der Waals surface area contributed by atoms with Crippen LogP contribution in [-0.4, -0.2) is 41.4 Å². The lowest BCUT2D eigenvalue weighted by Gasteiger charge is -2.30. The van der Waals surface area contributed by atoms with Crippen molar-refractivity contribution < 1.29 is 13.2 Å². The molecule has 1 saturated heterocycles. The highest BCUT2D eigenvalue weighted by atomic mass is 35.5. The SMILES string of the molecule is Cc1nc2sccc2c(=O)n1NC(=O)c1ccc(Cl)c(S(=O)(=O)N2CCCC(C)C2)c1. The number of rotatable bonds is 4. The molecule has 1 aliphatic heterocycles. The van der Waals surface area contributed by atoms with Gasteiger partial charge in [0, 0.05) is 18.7 Å². The first-order chi connectivity index (χ1) is 14.7. The molecular weight excluding hydrogens is 460 g/mol. The third-order valence-corrected chi connectivity index (χ3v) is 8.46. The third kappa shape index (κ3) is 4.12. The Bertz CT molecular complexity index is 1330. The number of carbonyl (C=O) groups excluding carboxylic acids is 1. The summed E-state index contributed by atoms with van der Waals surface area (Å²) in [5.74, 6) is -0.0673. The van der Waals surface area contributed by atoms with Gasteiger partial charge in [-0.25, -0.2) is 18.1 Å². The molecule has 164 valence electrons. The Hall–Kier alpha value is -2.27. The zero-order valence-corrected chi connectivity index (χ0v) is 19.4. The number of piperidine rings is 1. The van der Waals surface area contributed by atoms with Gasteiger partial charge in [-0.2, -0.15) is 4.31 Å². The Balaban J connectivity index is 1.67. The number of hydrogen-bond acceptors (Lipinski definition) is 6. The van der Waals surface area contributed by atoms with Crippen LogP contribution in [0.2, 0.25) is 5.02 Å². The molecule has 31 heavy (non-hydrogen) atoms. The van der Waals surface area contributed by atoms with Crippen molar-refractivity contribution in [3.05, 3.63) is 56.4 Å². The van der Waals surface area contributed by atoms with E-state index in [4.69, 9.17) is 11.6 Å². The van der Waals surface area contributed by atoms with Crippen molar-refractivity contribution in [3.8, 4) is 0 Å². The fourth-order valence-electron chi connectivity index (χ4n) is 3.66. The van der Waals surface area contributed by atoms with E-state index < -0.39 is 21.5 Å². The Morgan fingerprint density at radius 2 is 2.10 bits per heavy atom. The van der Waals surface area contributed by atoms with Crippen LogP contribution in [-0.2, 0) is 10.0 Å². The molecule has 1 fully saturated rings. The quantitative estimate of drug-likeness (QED) is 0.617.